The van der Waals surface area contributed by atoms with Crippen LogP contribution >= 0.6 is 0 Å². The van der Waals surface area contributed by atoms with E-state index in [1.54, 1.807) is 6.08 Å². The Balaban J connectivity index is 4.03. The van der Waals surface area contributed by atoms with Gasteiger partial charge in [0.05, 0.1) is 19.5 Å². The summed E-state index contributed by atoms with van der Waals surface area (Å²) >= 11 is 0. The van der Waals surface area contributed by atoms with Crippen molar-refractivity contribution in [3.63, 3.8) is 0 Å². The molecule has 17 heavy (non-hydrogen) atoms. The SMILES string of the molecule is C=CCO[Si](C)(C)O[Si](C)(C)OCCOC=C. The summed E-state index contributed by atoms with van der Waals surface area (Å²) in [6, 6.07) is 0. The van der Waals surface area contributed by atoms with Crippen LogP contribution in [0, 0.1) is 0 Å². The Labute approximate surface area is 107 Å². The van der Waals surface area contributed by atoms with Crippen molar-refractivity contribution in [1.29, 1.82) is 0 Å². The molecule has 0 unspecified atom stereocenters. The van der Waals surface area contributed by atoms with E-state index in [0.717, 1.165) is 0 Å². The van der Waals surface area contributed by atoms with Crippen molar-refractivity contribution in [2.24, 2.45) is 0 Å². The molecule has 0 heterocycles. The van der Waals surface area contributed by atoms with E-state index in [0.29, 0.717) is 19.8 Å². The predicted molar refractivity (Wildman–Crippen MR) is 74.3 cm³/mol. The molecule has 0 saturated heterocycles. The van der Waals surface area contributed by atoms with E-state index in [1.165, 1.54) is 6.26 Å². The van der Waals surface area contributed by atoms with Crippen molar-refractivity contribution in [3.8, 4) is 0 Å². The standard InChI is InChI=1S/C11H24O4Si2/c1-7-9-13-16(3,4)15-17(5,6)14-11-10-12-8-2/h7-8H,1-2,9-11H2,3-6H3. The maximum absolute atomic E-state index is 6.01. The molecule has 4 nitrogen and oxygen atoms in total. The van der Waals surface area contributed by atoms with Gasteiger partial charge < -0.3 is 17.7 Å². The van der Waals surface area contributed by atoms with E-state index in [1.807, 2.05) is 26.2 Å². The average Bonchev–Trinajstić information content (AvgIpc) is 2.20. The lowest BCUT2D eigenvalue weighted by molar-refractivity contribution is 0.147. The van der Waals surface area contributed by atoms with Crippen molar-refractivity contribution < 1.29 is 17.7 Å². The zero-order valence-corrected chi connectivity index (χ0v) is 13.3. The maximum Gasteiger partial charge on any atom is 0.323 e. The summed E-state index contributed by atoms with van der Waals surface area (Å²) in [4.78, 5) is 0. The average molecular weight is 276 g/mol. The van der Waals surface area contributed by atoms with E-state index >= 15 is 0 Å². The van der Waals surface area contributed by atoms with Gasteiger partial charge in [0, 0.05) is 0 Å². The largest absolute Gasteiger partial charge is 0.499 e. The van der Waals surface area contributed by atoms with Crippen LogP contribution in [0.3, 0.4) is 0 Å². The molecule has 0 spiro atoms. The molecule has 0 aliphatic rings. The second-order valence-corrected chi connectivity index (χ2v) is 11.4. The van der Waals surface area contributed by atoms with Crippen molar-refractivity contribution in [3.05, 3.63) is 25.5 Å². The quantitative estimate of drug-likeness (QED) is 0.266. The smallest absolute Gasteiger partial charge is 0.323 e. The molecular formula is C11H24O4Si2. The predicted octanol–water partition coefficient (Wildman–Crippen LogP) is 2.79. The van der Waals surface area contributed by atoms with Gasteiger partial charge in [-0.25, -0.2) is 0 Å². The van der Waals surface area contributed by atoms with Crippen LogP contribution in [0.5, 0.6) is 0 Å². The second-order valence-electron chi connectivity index (χ2n) is 4.39. The molecule has 0 aromatic carbocycles. The molecule has 0 aliphatic carbocycles. The second kappa shape index (κ2) is 7.83. The monoisotopic (exact) mass is 276 g/mol. The number of hydrogen-bond acceptors (Lipinski definition) is 4. The van der Waals surface area contributed by atoms with E-state index < -0.39 is 17.1 Å². The molecule has 6 heteroatoms. The summed E-state index contributed by atoms with van der Waals surface area (Å²) in [6.07, 6.45) is 3.14. The third kappa shape index (κ3) is 9.31. The third-order valence-corrected chi connectivity index (χ3v) is 7.50. The Hall–Kier alpha value is -0.406. The molecular weight excluding hydrogens is 252 g/mol. The van der Waals surface area contributed by atoms with Gasteiger partial charge in [-0.2, -0.15) is 0 Å². The zero-order valence-electron chi connectivity index (χ0n) is 11.3. The van der Waals surface area contributed by atoms with Crippen LogP contribution in [0.1, 0.15) is 0 Å². The van der Waals surface area contributed by atoms with Gasteiger partial charge in [-0.05, 0) is 26.2 Å². The first-order valence-corrected chi connectivity index (χ1v) is 11.3. The van der Waals surface area contributed by atoms with Crippen LogP contribution in [-0.2, 0) is 17.7 Å². The first-order chi connectivity index (χ1) is 7.83. The minimum Gasteiger partial charge on any atom is -0.499 e. The van der Waals surface area contributed by atoms with Crippen LogP contribution in [0.4, 0.5) is 0 Å². The summed E-state index contributed by atoms with van der Waals surface area (Å²) in [5, 5.41) is 0. The van der Waals surface area contributed by atoms with Gasteiger partial charge in [0.25, 0.3) is 0 Å². The van der Waals surface area contributed by atoms with Crippen molar-refractivity contribution in [2.75, 3.05) is 19.8 Å². The molecule has 0 bridgehead atoms. The third-order valence-electron chi connectivity index (χ3n) is 1.81. The summed E-state index contributed by atoms with van der Waals surface area (Å²) in [5.74, 6) is 0. The Morgan fingerprint density at radius 3 is 2.06 bits per heavy atom. The molecule has 0 atom stereocenters. The van der Waals surface area contributed by atoms with Crippen LogP contribution in [0.2, 0.25) is 26.2 Å². The fourth-order valence-electron chi connectivity index (χ4n) is 1.33. The van der Waals surface area contributed by atoms with E-state index in [-0.39, 0.29) is 0 Å². The normalized spacial score (nSPS) is 12.2. The highest BCUT2D eigenvalue weighted by Gasteiger charge is 2.36. The van der Waals surface area contributed by atoms with Crippen LogP contribution in [0.15, 0.2) is 25.5 Å². The lowest BCUT2D eigenvalue weighted by Gasteiger charge is -2.32. The first-order valence-electron chi connectivity index (χ1n) is 5.64. The number of rotatable bonds is 10. The highest BCUT2D eigenvalue weighted by atomic mass is 28.5. The summed E-state index contributed by atoms with van der Waals surface area (Å²) in [5.41, 5.74) is 0. The molecule has 0 amide bonds. The lowest BCUT2D eigenvalue weighted by Crippen LogP contribution is -2.48. The van der Waals surface area contributed by atoms with Crippen LogP contribution in [0.25, 0.3) is 0 Å². The molecule has 0 rings (SSSR count). The Kier molecular flexibility index (Phi) is 7.64. The van der Waals surface area contributed by atoms with Gasteiger partial charge in [-0.15, -0.1) is 6.58 Å². The molecule has 0 aromatic rings. The van der Waals surface area contributed by atoms with Crippen LogP contribution < -0.4 is 0 Å². The Bertz CT molecular complexity index is 242. The van der Waals surface area contributed by atoms with E-state index in [4.69, 9.17) is 17.7 Å². The van der Waals surface area contributed by atoms with E-state index in [9.17, 15) is 0 Å². The first kappa shape index (κ1) is 16.6. The van der Waals surface area contributed by atoms with Gasteiger partial charge >= 0.3 is 17.1 Å². The van der Waals surface area contributed by atoms with Gasteiger partial charge in [0.1, 0.15) is 6.61 Å². The highest BCUT2D eigenvalue weighted by Crippen LogP contribution is 2.16. The van der Waals surface area contributed by atoms with Gasteiger partial charge in [-0.1, -0.05) is 12.7 Å². The Morgan fingerprint density at radius 2 is 1.53 bits per heavy atom. The van der Waals surface area contributed by atoms with E-state index in [2.05, 4.69) is 13.2 Å². The molecule has 0 aliphatic heterocycles. The topological polar surface area (TPSA) is 36.9 Å². The summed E-state index contributed by atoms with van der Waals surface area (Å²) in [7, 11) is -4.27. The fraction of sp³-hybridized carbons (Fsp3) is 0.636. The Morgan fingerprint density at radius 1 is 0.941 bits per heavy atom. The summed E-state index contributed by atoms with van der Waals surface area (Å²) in [6.45, 7) is 16.7. The van der Waals surface area contributed by atoms with Crippen molar-refractivity contribution in [1.82, 2.24) is 0 Å². The van der Waals surface area contributed by atoms with Gasteiger partial charge in [0.15, 0.2) is 0 Å². The van der Waals surface area contributed by atoms with Gasteiger partial charge in [0.2, 0.25) is 0 Å². The molecule has 0 N–H and O–H groups in total. The number of hydrogen-bond donors (Lipinski definition) is 0. The minimum atomic E-state index is -2.15. The zero-order chi connectivity index (χ0) is 13.4. The minimum absolute atomic E-state index is 0.499. The molecule has 0 radical (unpaired) electrons. The van der Waals surface area contributed by atoms with Gasteiger partial charge in [-0.3, -0.25) is 0 Å². The molecule has 0 aromatic heterocycles. The van der Waals surface area contributed by atoms with Crippen molar-refractivity contribution in [2.45, 2.75) is 26.2 Å². The molecule has 100 valence electrons. The molecule has 0 saturated carbocycles. The summed E-state index contributed by atoms with van der Waals surface area (Å²) < 4.78 is 22.4. The fourth-order valence-corrected chi connectivity index (χ4v) is 7.63. The maximum atomic E-state index is 6.01. The highest BCUT2D eigenvalue weighted by molar-refractivity contribution is 6.78. The lowest BCUT2D eigenvalue weighted by atomic mass is 10.7. The van der Waals surface area contributed by atoms with Crippen molar-refractivity contribution >= 4 is 17.1 Å². The number of ether oxygens (including phenoxy) is 1. The molecule has 0 fully saturated rings. The van der Waals surface area contributed by atoms with Crippen LogP contribution in [-0.4, -0.2) is 36.9 Å².